The standard InChI is InChI=1S/C10H15ClN2O4S/c1-4-17-10(14)8-5-7(6-12-9(8)11)18(15,16)13(2)3/h5-6,9,12H,4H2,1-3H3. The molecule has 1 heterocycles. The molecule has 6 nitrogen and oxygen atoms in total. The van der Waals surface area contributed by atoms with Crippen molar-refractivity contribution >= 4 is 27.6 Å². The third kappa shape index (κ3) is 3.04. The van der Waals surface area contributed by atoms with Crippen molar-refractivity contribution in [2.45, 2.75) is 12.4 Å². The van der Waals surface area contributed by atoms with E-state index in [1.807, 2.05) is 0 Å². The first-order valence-corrected chi connectivity index (χ1v) is 7.10. The quantitative estimate of drug-likeness (QED) is 0.461. The summed E-state index contributed by atoms with van der Waals surface area (Å²) in [5.41, 5.74) is -0.730. The fraction of sp³-hybridized carbons (Fsp3) is 0.500. The average Bonchev–Trinajstić information content (AvgIpc) is 2.29. The Labute approximate surface area is 111 Å². The number of ether oxygens (including phenoxy) is 1. The number of carbonyl (C=O) groups is 1. The van der Waals surface area contributed by atoms with Crippen molar-refractivity contribution in [3.8, 4) is 0 Å². The van der Waals surface area contributed by atoms with Crippen molar-refractivity contribution in [3.63, 3.8) is 0 Å². The summed E-state index contributed by atoms with van der Waals surface area (Å²) in [6, 6.07) is 0. The highest BCUT2D eigenvalue weighted by Crippen LogP contribution is 2.21. The van der Waals surface area contributed by atoms with Gasteiger partial charge in [0, 0.05) is 20.3 Å². The molecule has 0 aromatic heterocycles. The molecule has 0 aliphatic carbocycles. The number of nitrogens with one attached hydrogen (secondary N) is 1. The highest BCUT2D eigenvalue weighted by molar-refractivity contribution is 7.93. The van der Waals surface area contributed by atoms with Gasteiger partial charge >= 0.3 is 5.97 Å². The van der Waals surface area contributed by atoms with Crippen molar-refractivity contribution < 1.29 is 17.9 Å². The molecule has 0 aromatic rings. The average molecular weight is 295 g/mol. The van der Waals surface area contributed by atoms with Crippen LogP contribution < -0.4 is 5.32 Å². The summed E-state index contributed by atoms with van der Waals surface area (Å²) in [4.78, 5) is 11.6. The van der Waals surface area contributed by atoms with Crippen molar-refractivity contribution in [2.75, 3.05) is 20.7 Å². The molecule has 0 radical (unpaired) electrons. The van der Waals surface area contributed by atoms with Crippen LogP contribution in [0.5, 0.6) is 0 Å². The molecule has 0 saturated carbocycles. The first-order chi connectivity index (χ1) is 8.30. The predicted octanol–water partition coefficient (Wildman–Crippen LogP) is 0.377. The second-order valence-corrected chi connectivity index (χ2v) is 6.27. The lowest BCUT2D eigenvalue weighted by Gasteiger charge is -2.21. The molecule has 1 aliphatic rings. The minimum absolute atomic E-state index is 0.0348. The number of hydrogen-bond acceptors (Lipinski definition) is 5. The van der Waals surface area contributed by atoms with Gasteiger partial charge < -0.3 is 10.1 Å². The van der Waals surface area contributed by atoms with Crippen molar-refractivity contribution in [1.82, 2.24) is 9.62 Å². The second-order valence-electron chi connectivity index (χ2n) is 3.68. The zero-order valence-electron chi connectivity index (χ0n) is 10.3. The van der Waals surface area contributed by atoms with E-state index in [2.05, 4.69) is 5.32 Å². The molecule has 0 aromatic carbocycles. The molecule has 18 heavy (non-hydrogen) atoms. The number of alkyl halides is 1. The lowest BCUT2D eigenvalue weighted by atomic mass is 10.2. The maximum Gasteiger partial charge on any atom is 0.337 e. The number of dihydropyridines is 1. The Hall–Kier alpha value is -1.05. The molecule has 0 amide bonds. The normalized spacial score (nSPS) is 19.9. The molecule has 1 unspecified atom stereocenters. The Morgan fingerprint density at radius 1 is 1.56 bits per heavy atom. The van der Waals surface area contributed by atoms with Gasteiger partial charge in [-0.05, 0) is 13.0 Å². The molecular formula is C10H15ClN2O4S. The Morgan fingerprint density at radius 3 is 2.67 bits per heavy atom. The van der Waals surface area contributed by atoms with E-state index in [-0.39, 0.29) is 17.1 Å². The van der Waals surface area contributed by atoms with Crippen LogP contribution in [0.3, 0.4) is 0 Å². The summed E-state index contributed by atoms with van der Waals surface area (Å²) < 4.78 is 29.6. The monoisotopic (exact) mass is 294 g/mol. The first-order valence-electron chi connectivity index (χ1n) is 5.22. The molecule has 8 heteroatoms. The van der Waals surface area contributed by atoms with Gasteiger partial charge in [-0.2, -0.15) is 0 Å². The van der Waals surface area contributed by atoms with Crippen LogP contribution in [-0.4, -0.2) is 44.9 Å². The molecule has 1 atom stereocenters. The van der Waals surface area contributed by atoms with Crippen LogP contribution in [-0.2, 0) is 19.6 Å². The first kappa shape index (κ1) is 15.0. The van der Waals surface area contributed by atoms with Gasteiger partial charge in [0.05, 0.1) is 17.1 Å². The van der Waals surface area contributed by atoms with E-state index in [1.165, 1.54) is 26.4 Å². The van der Waals surface area contributed by atoms with Crippen LogP contribution >= 0.6 is 11.6 Å². The zero-order valence-corrected chi connectivity index (χ0v) is 11.9. The van der Waals surface area contributed by atoms with E-state index >= 15 is 0 Å². The molecule has 0 spiro atoms. The van der Waals surface area contributed by atoms with Gasteiger partial charge in [-0.15, -0.1) is 0 Å². The van der Waals surface area contributed by atoms with Crippen molar-refractivity contribution in [2.24, 2.45) is 0 Å². The number of rotatable bonds is 4. The third-order valence-corrected chi connectivity index (χ3v) is 4.39. The van der Waals surface area contributed by atoms with Gasteiger partial charge in [0.15, 0.2) is 0 Å². The summed E-state index contributed by atoms with van der Waals surface area (Å²) in [5.74, 6) is -0.635. The predicted molar refractivity (Wildman–Crippen MR) is 68.2 cm³/mol. The zero-order chi connectivity index (χ0) is 13.9. The topological polar surface area (TPSA) is 75.7 Å². The van der Waals surface area contributed by atoms with Crippen LogP contribution in [0, 0.1) is 0 Å². The third-order valence-electron chi connectivity index (χ3n) is 2.23. The number of nitrogens with zero attached hydrogens (tertiary/aromatic N) is 1. The van der Waals surface area contributed by atoms with E-state index < -0.39 is 21.5 Å². The van der Waals surface area contributed by atoms with E-state index in [0.717, 1.165) is 4.31 Å². The van der Waals surface area contributed by atoms with Gasteiger partial charge in [-0.1, -0.05) is 11.6 Å². The van der Waals surface area contributed by atoms with Gasteiger partial charge in [-0.25, -0.2) is 17.5 Å². The molecule has 0 bridgehead atoms. The van der Waals surface area contributed by atoms with E-state index in [1.54, 1.807) is 6.92 Å². The van der Waals surface area contributed by atoms with Gasteiger partial charge in [0.2, 0.25) is 10.0 Å². The number of esters is 1. The molecule has 1 N–H and O–H groups in total. The Morgan fingerprint density at radius 2 is 2.17 bits per heavy atom. The smallest absolute Gasteiger partial charge is 0.337 e. The maximum atomic E-state index is 11.9. The maximum absolute atomic E-state index is 11.9. The van der Waals surface area contributed by atoms with E-state index in [9.17, 15) is 13.2 Å². The minimum atomic E-state index is -3.62. The summed E-state index contributed by atoms with van der Waals surface area (Å²) in [6.45, 7) is 1.85. The van der Waals surface area contributed by atoms with Crippen LogP contribution in [0.15, 0.2) is 22.8 Å². The summed E-state index contributed by atoms with van der Waals surface area (Å²) >= 11 is 5.87. The van der Waals surface area contributed by atoms with Gasteiger partial charge in [0.25, 0.3) is 0 Å². The van der Waals surface area contributed by atoms with Crippen LogP contribution in [0.25, 0.3) is 0 Å². The molecule has 0 saturated heterocycles. The van der Waals surface area contributed by atoms with Crippen LogP contribution in [0.1, 0.15) is 6.92 Å². The molecule has 102 valence electrons. The number of sulfonamides is 1. The van der Waals surface area contributed by atoms with Gasteiger partial charge in [0.1, 0.15) is 5.50 Å². The Bertz CT molecular complexity index is 496. The second kappa shape index (κ2) is 5.73. The van der Waals surface area contributed by atoms with Crippen LogP contribution in [0.4, 0.5) is 0 Å². The fourth-order valence-electron chi connectivity index (χ4n) is 1.25. The van der Waals surface area contributed by atoms with Crippen molar-refractivity contribution in [1.29, 1.82) is 0 Å². The van der Waals surface area contributed by atoms with E-state index in [0.29, 0.717) is 0 Å². The minimum Gasteiger partial charge on any atom is -0.463 e. The summed E-state index contributed by atoms with van der Waals surface area (Å²) in [7, 11) is -0.808. The number of halogens is 1. The van der Waals surface area contributed by atoms with Crippen LogP contribution in [0.2, 0.25) is 0 Å². The highest BCUT2D eigenvalue weighted by atomic mass is 35.5. The summed E-state index contributed by atoms with van der Waals surface area (Å²) in [6.07, 6.45) is 2.48. The van der Waals surface area contributed by atoms with Crippen molar-refractivity contribution in [3.05, 3.63) is 22.8 Å². The van der Waals surface area contributed by atoms with Gasteiger partial charge in [-0.3, -0.25) is 0 Å². The SMILES string of the molecule is CCOC(=O)C1=CC(S(=O)(=O)N(C)C)=CNC1Cl. The number of allylic oxidation sites excluding steroid dienone is 1. The highest BCUT2D eigenvalue weighted by Gasteiger charge is 2.28. The molecular weight excluding hydrogens is 280 g/mol. The number of hydrogen-bond donors (Lipinski definition) is 1. The van der Waals surface area contributed by atoms with E-state index in [4.69, 9.17) is 16.3 Å². The Balaban J connectivity index is 3.10. The fourth-order valence-corrected chi connectivity index (χ4v) is 2.38. The summed E-state index contributed by atoms with van der Waals surface area (Å²) in [5, 5.41) is 2.61. The Kier molecular flexibility index (Phi) is 4.78. The largest absolute Gasteiger partial charge is 0.463 e. The molecule has 0 fully saturated rings. The lowest BCUT2D eigenvalue weighted by molar-refractivity contribution is -0.138. The number of carbonyl (C=O) groups excluding carboxylic acids is 1. The molecule has 1 aliphatic heterocycles. The lowest BCUT2D eigenvalue weighted by Crippen LogP contribution is -2.33. The molecule has 1 rings (SSSR count).